The molecule has 1 nitrogen and oxygen atoms in total. The Morgan fingerprint density at radius 1 is 1.18 bits per heavy atom. The largest absolute Gasteiger partial charge is 0.393 e. The van der Waals surface area contributed by atoms with E-state index in [4.69, 9.17) is 0 Å². The van der Waals surface area contributed by atoms with Gasteiger partial charge in [0.2, 0.25) is 0 Å². The minimum Gasteiger partial charge on any atom is -0.393 e. The van der Waals surface area contributed by atoms with Crippen LogP contribution in [0.1, 0.15) is 43.6 Å². The zero-order valence-electron chi connectivity index (χ0n) is 10.2. The Kier molecular flexibility index (Phi) is 4.55. The molecule has 1 fully saturated rings. The summed E-state index contributed by atoms with van der Waals surface area (Å²) in [5.41, 5.74) is 1.37. The van der Waals surface area contributed by atoms with Gasteiger partial charge in [-0.3, -0.25) is 4.39 Å². The molecule has 3 atom stereocenters. The average Bonchev–Trinajstić information content (AvgIpc) is 2.39. The van der Waals surface area contributed by atoms with E-state index in [1.165, 1.54) is 5.56 Å². The van der Waals surface area contributed by atoms with Gasteiger partial charge in [0.1, 0.15) is 0 Å². The standard InChI is InChI=1S/C15H21FO/c16-10-4-7-14-11-13(8-9-15(14)17)12-5-2-1-3-6-12/h1-3,5-6,13-15,17H,4,7-11H2. The number of hydrogen-bond acceptors (Lipinski definition) is 1. The van der Waals surface area contributed by atoms with Crippen LogP contribution in [0.15, 0.2) is 30.3 Å². The van der Waals surface area contributed by atoms with Crippen LogP contribution in [0.4, 0.5) is 4.39 Å². The molecule has 0 heterocycles. The van der Waals surface area contributed by atoms with Crippen LogP contribution in [0.25, 0.3) is 0 Å². The minimum atomic E-state index is -0.265. The summed E-state index contributed by atoms with van der Waals surface area (Å²) in [6, 6.07) is 10.5. The van der Waals surface area contributed by atoms with Gasteiger partial charge in [0, 0.05) is 0 Å². The number of benzene rings is 1. The van der Waals surface area contributed by atoms with Crippen LogP contribution in [-0.4, -0.2) is 17.9 Å². The van der Waals surface area contributed by atoms with E-state index in [1.54, 1.807) is 0 Å². The third kappa shape index (κ3) is 3.29. The van der Waals surface area contributed by atoms with Crippen LogP contribution >= 0.6 is 0 Å². The van der Waals surface area contributed by atoms with Crippen LogP contribution in [0, 0.1) is 5.92 Å². The molecule has 0 amide bonds. The van der Waals surface area contributed by atoms with Gasteiger partial charge in [0.25, 0.3) is 0 Å². The van der Waals surface area contributed by atoms with Crippen molar-refractivity contribution in [2.45, 2.75) is 44.1 Å². The molecule has 0 aliphatic heterocycles. The van der Waals surface area contributed by atoms with Crippen molar-refractivity contribution in [1.29, 1.82) is 0 Å². The van der Waals surface area contributed by atoms with Gasteiger partial charge in [-0.25, -0.2) is 0 Å². The van der Waals surface area contributed by atoms with E-state index in [2.05, 4.69) is 24.3 Å². The van der Waals surface area contributed by atoms with Crippen LogP contribution in [0.2, 0.25) is 0 Å². The second kappa shape index (κ2) is 6.15. The molecule has 0 radical (unpaired) electrons. The Labute approximate surface area is 103 Å². The molecule has 0 bridgehead atoms. The summed E-state index contributed by atoms with van der Waals surface area (Å²) < 4.78 is 12.2. The lowest BCUT2D eigenvalue weighted by molar-refractivity contribution is 0.0554. The topological polar surface area (TPSA) is 20.2 Å². The zero-order chi connectivity index (χ0) is 12.1. The van der Waals surface area contributed by atoms with Crippen LogP contribution in [0.3, 0.4) is 0 Å². The molecule has 1 aliphatic rings. The first-order valence-corrected chi connectivity index (χ1v) is 6.60. The van der Waals surface area contributed by atoms with Gasteiger partial charge in [-0.05, 0) is 49.5 Å². The number of halogens is 1. The normalized spacial score (nSPS) is 29.2. The minimum absolute atomic E-state index is 0.221. The van der Waals surface area contributed by atoms with E-state index in [0.717, 1.165) is 25.7 Å². The highest BCUT2D eigenvalue weighted by atomic mass is 19.1. The van der Waals surface area contributed by atoms with E-state index >= 15 is 0 Å². The highest BCUT2D eigenvalue weighted by molar-refractivity contribution is 5.20. The fourth-order valence-corrected chi connectivity index (χ4v) is 2.93. The van der Waals surface area contributed by atoms with Gasteiger partial charge in [0.15, 0.2) is 0 Å². The molecule has 0 spiro atoms. The molecular formula is C15H21FO. The molecular weight excluding hydrogens is 215 g/mol. The maximum absolute atomic E-state index is 12.2. The number of alkyl halides is 1. The Bertz CT molecular complexity index is 325. The predicted octanol–water partition coefficient (Wildman–Crippen LogP) is 3.68. The van der Waals surface area contributed by atoms with Crippen molar-refractivity contribution in [3.63, 3.8) is 0 Å². The van der Waals surface area contributed by atoms with Crippen molar-refractivity contribution in [3.05, 3.63) is 35.9 Å². The number of rotatable bonds is 4. The summed E-state index contributed by atoms with van der Waals surface area (Å²) in [5, 5.41) is 9.94. The smallest absolute Gasteiger partial charge is 0.0894 e. The Morgan fingerprint density at radius 3 is 2.65 bits per heavy atom. The van der Waals surface area contributed by atoms with Crippen molar-refractivity contribution in [1.82, 2.24) is 0 Å². The molecule has 2 rings (SSSR count). The third-order valence-electron chi connectivity index (χ3n) is 3.92. The Balaban J connectivity index is 1.97. The molecule has 0 aromatic heterocycles. The van der Waals surface area contributed by atoms with E-state index < -0.39 is 0 Å². The molecule has 3 unspecified atom stereocenters. The van der Waals surface area contributed by atoms with Crippen LogP contribution in [0.5, 0.6) is 0 Å². The summed E-state index contributed by atoms with van der Waals surface area (Å²) in [5.74, 6) is 0.828. The third-order valence-corrected chi connectivity index (χ3v) is 3.92. The summed E-state index contributed by atoms with van der Waals surface area (Å²) in [6.07, 6.45) is 4.10. The van der Waals surface area contributed by atoms with Crippen LogP contribution in [-0.2, 0) is 0 Å². The van der Waals surface area contributed by atoms with Gasteiger partial charge in [-0.1, -0.05) is 30.3 Å². The van der Waals surface area contributed by atoms with E-state index in [-0.39, 0.29) is 18.7 Å². The number of hydrogen-bond donors (Lipinski definition) is 1. The maximum Gasteiger partial charge on any atom is 0.0894 e. The number of aliphatic hydroxyl groups excluding tert-OH is 1. The molecule has 17 heavy (non-hydrogen) atoms. The molecule has 1 aliphatic carbocycles. The van der Waals surface area contributed by atoms with Crippen molar-refractivity contribution in [2.24, 2.45) is 5.92 Å². The summed E-state index contributed by atoms with van der Waals surface area (Å²) in [4.78, 5) is 0. The first kappa shape index (κ1) is 12.6. The summed E-state index contributed by atoms with van der Waals surface area (Å²) >= 11 is 0. The highest BCUT2D eigenvalue weighted by Crippen LogP contribution is 2.38. The molecule has 1 aromatic carbocycles. The molecule has 94 valence electrons. The lowest BCUT2D eigenvalue weighted by Crippen LogP contribution is -2.28. The molecule has 1 aromatic rings. The predicted molar refractivity (Wildman–Crippen MR) is 67.7 cm³/mol. The van der Waals surface area contributed by atoms with Gasteiger partial charge < -0.3 is 5.11 Å². The van der Waals surface area contributed by atoms with Crippen molar-refractivity contribution in [2.75, 3.05) is 6.67 Å². The Hall–Kier alpha value is -0.890. The monoisotopic (exact) mass is 236 g/mol. The van der Waals surface area contributed by atoms with E-state index in [1.807, 2.05) is 6.07 Å². The molecule has 2 heteroatoms. The van der Waals surface area contributed by atoms with E-state index in [9.17, 15) is 9.50 Å². The zero-order valence-corrected chi connectivity index (χ0v) is 10.2. The fraction of sp³-hybridized carbons (Fsp3) is 0.600. The second-order valence-electron chi connectivity index (χ2n) is 5.08. The summed E-state index contributed by atoms with van der Waals surface area (Å²) in [7, 11) is 0. The second-order valence-corrected chi connectivity index (χ2v) is 5.08. The number of aliphatic hydroxyl groups is 1. The van der Waals surface area contributed by atoms with E-state index in [0.29, 0.717) is 12.3 Å². The summed E-state index contributed by atoms with van der Waals surface area (Å²) in [6.45, 7) is -0.265. The maximum atomic E-state index is 12.2. The first-order valence-electron chi connectivity index (χ1n) is 6.60. The highest BCUT2D eigenvalue weighted by Gasteiger charge is 2.29. The molecule has 1 N–H and O–H groups in total. The SMILES string of the molecule is OC1CCC(c2ccccc2)CC1CCCF. The van der Waals surface area contributed by atoms with Crippen molar-refractivity contribution >= 4 is 0 Å². The van der Waals surface area contributed by atoms with Gasteiger partial charge >= 0.3 is 0 Å². The fourth-order valence-electron chi connectivity index (χ4n) is 2.93. The molecule has 1 saturated carbocycles. The van der Waals surface area contributed by atoms with Crippen molar-refractivity contribution < 1.29 is 9.50 Å². The molecule has 0 saturated heterocycles. The lowest BCUT2D eigenvalue weighted by atomic mass is 9.75. The quantitative estimate of drug-likeness (QED) is 0.845. The van der Waals surface area contributed by atoms with Gasteiger partial charge in [-0.2, -0.15) is 0 Å². The Morgan fingerprint density at radius 2 is 1.94 bits per heavy atom. The van der Waals surface area contributed by atoms with Crippen LogP contribution < -0.4 is 0 Å². The van der Waals surface area contributed by atoms with Gasteiger partial charge in [0.05, 0.1) is 12.8 Å². The lowest BCUT2D eigenvalue weighted by Gasteiger charge is -2.33. The van der Waals surface area contributed by atoms with Gasteiger partial charge in [-0.15, -0.1) is 0 Å². The first-order chi connectivity index (χ1) is 8.31. The average molecular weight is 236 g/mol. The van der Waals surface area contributed by atoms with Crippen molar-refractivity contribution in [3.8, 4) is 0 Å².